The minimum absolute atomic E-state index is 0.0435. The number of aromatic nitrogens is 2. The molecule has 1 fully saturated rings. The molecule has 0 bridgehead atoms. The molecule has 23 heavy (non-hydrogen) atoms. The van der Waals surface area contributed by atoms with Gasteiger partial charge in [0.05, 0.1) is 0 Å². The van der Waals surface area contributed by atoms with Crippen molar-refractivity contribution in [2.45, 2.75) is 38.3 Å². The minimum Gasteiger partial charge on any atom is -0.366 e. The molecule has 0 unspecified atom stereocenters. The Kier molecular flexibility index (Phi) is 6.08. The summed E-state index contributed by atoms with van der Waals surface area (Å²) in [5.41, 5.74) is 0. The second-order valence-corrected chi connectivity index (χ2v) is 5.63. The van der Waals surface area contributed by atoms with E-state index in [2.05, 4.69) is 27.4 Å². The van der Waals surface area contributed by atoms with Crippen molar-refractivity contribution in [3.63, 3.8) is 0 Å². The van der Waals surface area contributed by atoms with E-state index in [9.17, 15) is 9.59 Å². The number of amides is 2. The molecule has 124 valence electrons. The number of nitrogens with zero attached hydrogens (tertiary/aromatic N) is 3. The zero-order valence-corrected chi connectivity index (χ0v) is 13.4. The van der Waals surface area contributed by atoms with Crippen LogP contribution in [0.3, 0.4) is 0 Å². The number of nitrogens with one attached hydrogen (secondary N) is 2. The zero-order valence-electron chi connectivity index (χ0n) is 13.4. The molecule has 7 heteroatoms. The smallest absolute Gasteiger partial charge is 0.245 e. The van der Waals surface area contributed by atoms with Gasteiger partial charge in [0.25, 0.3) is 0 Å². The van der Waals surface area contributed by atoms with E-state index in [4.69, 9.17) is 0 Å². The fraction of sp³-hybridized carbons (Fsp3) is 0.500. The van der Waals surface area contributed by atoms with Gasteiger partial charge >= 0.3 is 0 Å². The van der Waals surface area contributed by atoms with Crippen LogP contribution in [-0.2, 0) is 9.59 Å². The highest BCUT2D eigenvalue weighted by atomic mass is 16.2. The molecule has 1 saturated heterocycles. The average Bonchev–Trinajstić information content (AvgIpc) is 2.55. The zero-order chi connectivity index (χ0) is 16.7. The fourth-order valence-electron chi connectivity index (χ4n) is 2.69. The van der Waals surface area contributed by atoms with Gasteiger partial charge in [0.15, 0.2) is 0 Å². The van der Waals surface area contributed by atoms with Gasteiger partial charge in [-0.3, -0.25) is 9.59 Å². The Morgan fingerprint density at radius 2 is 2.22 bits per heavy atom. The van der Waals surface area contributed by atoms with E-state index >= 15 is 0 Å². The monoisotopic (exact) mass is 317 g/mol. The van der Waals surface area contributed by atoms with Crippen molar-refractivity contribution in [3.8, 4) is 0 Å². The van der Waals surface area contributed by atoms with Crippen LogP contribution < -0.4 is 10.6 Å². The lowest BCUT2D eigenvalue weighted by molar-refractivity contribution is -0.136. The van der Waals surface area contributed by atoms with E-state index in [1.807, 2.05) is 12.1 Å². The van der Waals surface area contributed by atoms with Crippen LogP contribution in [0.25, 0.3) is 0 Å². The highest BCUT2D eigenvalue weighted by molar-refractivity contribution is 5.87. The highest BCUT2D eigenvalue weighted by Crippen LogP contribution is 2.16. The van der Waals surface area contributed by atoms with Gasteiger partial charge in [-0.15, -0.1) is 11.7 Å². The molecular weight excluding hydrogens is 294 g/mol. The van der Waals surface area contributed by atoms with Crippen LogP contribution in [-0.4, -0.2) is 52.1 Å². The van der Waals surface area contributed by atoms with E-state index in [1.54, 1.807) is 17.2 Å². The predicted molar refractivity (Wildman–Crippen MR) is 87.7 cm³/mol. The van der Waals surface area contributed by atoms with Crippen LogP contribution in [0.5, 0.6) is 0 Å². The molecule has 0 aromatic carbocycles. The van der Waals surface area contributed by atoms with E-state index in [-0.39, 0.29) is 17.9 Å². The molecule has 0 radical (unpaired) electrons. The SMILES string of the molecule is C=CC[C@@H](NC(C)=O)C(=O)N1CCC(Nc2cccnn2)CC1. The third-order valence-corrected chi connectivity index (χ3v) is 3.81. The van der Waals surface area contributed by atoms with Crippen molar-refractivity contribution >= 4 is 17.6 Å². The Labute approximate surface area is 136 Å². The minimum atomic E-state index is -0.519. The quantitative estimate of drug-likeness (QED) is 0.763. The number of rotatable bonds is 6. The summed E-state index contributed by atoms with van der Waals surface area (Å²) in [7, 11) is 0. The largest absolute Gasteiger partial charge is 0.366 e. The molecule has 2 heterocycles. The van der Waals surface area contributed by atoms with Crippen molar-refractivity contribution in [1.82, 2.24) is 20.4 Å². The molecule has 2 N–H and O–H groups in total. The lowest BCUT2D eigenvalue weighted by atomic mass is 10.0. The van der Waals surface area contributed by atoms with Crippen LogP contribution in [0, 0.1) is 0 Å². The van der Waals surface area contributed by atoms with Crippen molar-refractivity contribution in [3.05, 3.63) is 31.0 Å². The van der Waals surface area contributed by atoms with Crippen molar-refractivity contribution in [2.75, 3.05) is 18.4 Å². The average molecular weight is 317 g/mol. The first-order valence-electron chi connectivity index (χ1n) is 7.81. The summed E-state index contributed by atoms with van der Waals surface area (Å²) in [6.07, 6.45) is 5.40. The highest BCUT2D eigenvalue weighted by Gasteiger charge is 2.28. The van der Waals surface area contributed by atoms with Crippen molar-refractivity contribution in [1.29, 1.82) is 0 Å². The summed E-state index contributed by atoms with van der Waals surface area (Å²) < 4.78 is 0. The second-order valence-electron chi connectivity index (χ2n) is 5.63. The molecule has 1 aliphatic heterocycles. The molecular formula is C16H23N5O2. The first-order chi connectivity index (χ1) is 11.1. The summed E-state index contributed by atoms with van der Waals surface area (Å²) in [5.74, 6) is 0.502. The molecule has 2 amide bonds. The van der Waals surface area contributed by atoms with Gasteiger partial charge in [-0.05, 0) is 31.4 Å². The van der Waals surface area contributed by atoms with Crippen molar-refractivity contribution in [2.24, 2.45) is 0 Å². The maximum atomic E-state index is 12.5. The summed E-state index contributed by atoms with van der Waals surface area (Å²) in [5, 5.41) is 13.9. The van der Waals surface area contributed by atoms with Crippen molar-refractivity contribution < 1.29 is 9.59 Å². The molecule has 1 aliphatic rings. The third kappa shape index (κ3) is 5.05. The van der Waals surface area contributed by atoms with E-state index in [1.165, 1.54) is 6.92 Å². The van der Waals surface area contributed by atoms with Gasteiger partial charge < -0.3 is 15.5 Å². The number of piperidine rings is 1. The molecule has 0 aliphatic carbocycles. The number of likely N-dealkylation sites (tertiary alicyclic amines) is 1. The van der Waals surface area contributed by atoms with Crippen LogP contribution in [0.15, 0.2) is 31.0 Å². The van der Waals surface area contributed by atoms with Crippen LogP contribution in [0.4, 0.5) is 5.82 Å². The Hall–Kier alpha value is -2.44. The summed E-state index contributed by atoms with van der Waals surface area (Å²) in [6, 6.07) is 3.46. The van der Waals surface area contributed by atoms with E-state index in [0.29, 0.717) is 19.5 Å². The van der Waals surface area contributed by atoms with Gasteiger partial charge in [-0.1, -0.05) is 6.08 Å². The normalized spacial score (nSPS) is 16.5. The summed E-state index contributed by atoms with van der Waals surface area (Å²) >= 11 is 0. The van der Waals surface area contributed by atoms with E-state index in [0.717, 1.165) is 18.7 Å². The van der Waals surface area contributed by atoms with Crippen LogP contribution >= 0.6 is 0 Å². The molecule has 0 spiro atoms. The number of anilines is 1. The first-order valence-corrected chi connectivity index (χ1v) is 7.81. The molecule has 2 rings (SSSR count). The van der Waals surface area contributed by atoms with E-state index < -0.39 is 6.04 Å². The number of hydrogen-bond acceptors (Lipinski definition) is 5. The lowest BCUT2D eigenvalue weighted by Crippen LogP contribution is -2.51. The molecule has 1 aromatic heterocycles. The maximum Gasteiger partial charge on any atom is 0.245 e. The Bertz CT molecular complexity index is 541. The van der Waals surface area contributed by atoms with Gasteiger partial charge in [0.1, 0.15) is 11.9 Å². The number of hydrogen-bond donors (Lipinski definition) is 2. The topological polar surface area (TPSA) is 87.2 Å². The Balaban J connectivity index is 1.86. The van der Waals surface area contributed by atoms with Gasteiger partial charge in [-0.25, -0.2) is 0 Å². The number of carbonyl (C=O) groups excluding carboxylic acids is 2. The third-order valence-electron chi connectivity index (χ3n) is 3.81. The summed E-state index contributed by atoms with van der Waals surface area (Å²) in [6.45, 7) is 6.38. The van der Waals surface area contributed by atoms with Gasteiger partial charge in [-0.2, -0.15) is 5.10 Å². The summed E-state index contributed by atoms with van der Waals surface area (Å²) in [4.78, 5) is 25.5. The van der Waals surface area contributed by atoms with Gasteiger partial charge in [0, 0.05) is 32.3 Å². The fourth-order valence-corrected chi connectivity index (χ4v) is 2.69. The van der Waals surface area contributed by atoms with Crippen LogP contribution in [0.1, 0.15) is 26.2 Å². The Morgan fingerprint density at radius 1 is 1.48 bits per heavy atom. The standard InChI is InChI=1S/C16H23N5O2/c1-3-5-14(18-12(2)22)16(23)21-10-7-13(8-11-21)19-15-6-4-9-17-20-15/h3-4,6,9,13-14H,1,5,7-8,10-11H2,2H3,(H,18,22)(H,19,20)/t14-/m1/s1. The molecule has 7 nitrogen and oxygen atoms in total. The first kappa shape index (κ1) is 16.9. The molecule has 0 saturated carbocycles. The predicted octanol–water partition coefficient (Wildman–Crippen LogP) is 0.960. The van der Waals surface area contributed by atoms with Crippen LogP contribution in [0.2, 0.25) is 0 Å². The van der Waals surface area contributed by atoms with Gasteiger partial charge in [0.2, 0.25) is 11.8 Å². The Morgan fingerprint density at radius 3 is 2.78 bits per heavy atom. The molecule has 1 aromatic rings. The number of carbonyl (C=O) groups is 2. The molecule has 1 atom stereocenters. The maximum absolute atomic E-state index is 12.5. The lowest BCUT2D eigenvalue weighted by Gasteiger charge is -2.34. The second kappa shape index (κ2) is 8.26.